The fourth-order valence-corrected chi connectivity index (χ4v) is 2.41. The van der Waals surface area contributed by atoms with Crippen LogP contribution in [0.4, 0.5) is 0 Å². The maximum absolute atomic E-state index is 12.0. The van der Waals surface area contributed by atoms with Gasteiger partial charge in [-0.3, -0.25) is 4.79 Å². The van der Waals surface area contributed by atoms with Gasteiger partial charge in [0.1, 0.15) is 11.6 Å². The van der Waals surface area contributed by atoms with E-state index in [1.807, 2.05) is 4.57 Å². The Kier molecular flexibility index (Phi) is 5.68. The number of hydrogen-bond acceptors (Lipinski definition) is 5. The molecule has 0 saturated carbocycles. The van der Waals surface area contributed by atoms with Gasteiger partial charge >= 0.3 is 0 Å². The molecule has 1 aliphatic heterocycles. The van der Waals surface area contributed by atoms with Crippen LogP contribution in [0.5, 0.6) is 0 Å². The van der Waals surface area contributed by atoms with E-state index in [0.717, 1.165) is 19.4 Å². The minimum atomic E-state index is -0.306. The second-order valence-electron chi connectivity index (χ2n) is 4.44. The number of unbranched alkanes of at least 4 members (excludes halogenated alkanes) is 1. The van der Waals surface area contributed by atoms with Gasteiger partial charge in [-0.2, -0.15) is 0 Å². The molecule has 0 aromatic carbocycles. The molecule has 2 heterocycles. The average molecular weight is 284 g/mol. The Morgan fingerprint density at radius 3 is 3.21 bits per heavy atom. The Morgan fingerprint density at radius 1 is 1.58 bits per heavy atom. The highest BCUT2D eigenvalue weighted by Crippen LogP contribution is 2.15. The SMILES string of the molecule is O=C(CCCCn1c[c]nc1)N1CCOC(SO)C1. The molecule has 1 aliphatic rings. The lowest BCUT2D eigenvalue weighted by atomic mass is 10.2. The van der Waals surface area contributed by atoms with Crippen molar-refractivity contribution in [3.05, 3.63) is 18.7 Å². The number of nitrogens with zero attached hydrogens (tertiary/aromatic N) is 3. The standard InChI is InChI=1S/C12H18N3O3S/c16-11(15-7-8-18-12(9-15)19-17)3-1-2-5-14-6-4-13-10-14/h6,10,12,17H,1-3,5,7-9H2. The van der Waals surface area contributed by atoms with Crippen molar-refractivity contribution in [3.63, 3.8) is 0 Å². The van der Waals surface area contributed by atoms with Crippen LogP contribution in [0.3, 0.4) is 0 Å². The maximum atomic E-state index is 12.0. The number of morpholine rings is 1. The smallest absolute Gasteiger partial charge is 0.222 e. The van der Waals surface area contributed by atoms with E-state index in [-0.39, 0.29) is 11.3 Å². The molecule has 0 spiro atoms. The largest absolute Gasteiger partial charge is 0.362 e. The zero-order chi connectivity index (χ0) is 13.5. The van der Waals surface area contributed by atoms with Crippen molar-refractivity contribution in [2.45, 2.75) is 31.2 Å². The summed E-state index contributed by atoms with van der Waals surface area (Å²) >= 11 is 0.664. The third-order valence-electron chi connectivity index (χ3n) is 3.07. The predicted molar refractivity (Wildman–Crippen MR) is 71.5 cm³/mol. The quantitative estimate of drug-likeness (QED) is 0.629. The van der Waals surface area contributed by atoms with Crippen molar-refractivity contribution >= 4 is 17.9 Å². The summed E-state index contributed by atoms with van der Waals surface area (Å²) in [5, 5.41) is 0. The van der Waals surface area contributed by atoms with E-state index in [9.17, 15) is 4.79 Å². The highest BCUT2D eigenvalue weighted by Gasteiger charge is 2.23. The minimum absolute atomic E-state index is 0.138. The molecule has 105 valence electrons. The summed E-state index contributed by atoms with van der Waals surface area (Å²) < 4.78 is 16.2. The molecule has 1 aromatic heterocycles. The third kappa shape index (κ3) is 4.52. The van der Waals surface area contributed by atoms with Gasteiger partial charge in [0.25, 0.3) is 0 Å². The Labute approximate surface area is 117 Å². The van der Waals surface area contributed by atoms with Gasteiger partial charge in [-0.1, -0.05) is 0 Å². The zero-order valence-electron chi connectivity index (χ0n) is 10.7. The summed E-state index contributed by atoms with van der Waals surface area (Å²) in [5.74, 6) is 0.138. The Hall–Kier alpha value is -1.05. The molecule has 1 amide bonds. The number of amides is 1. The maximum Gasteiger partial charge on any atom is 0.222 e. The molecule has 19 heavy (non-hydrogen) atoms. The van der Waals surface area contributed by atoms with Crippen molar-refractivity contribution < 1.29 is 14.1 Å². The number of aromatic nitrogens is 2. The van der Waals surface area contributed by atoms with Crippen LogP contribution in [-0.2, 0) is 16.1 Å². The number of imidazole rings is 1. The highest BCUT2D eigenvalue weighted by atomic mass is 32.2. The first-order chi connectivity index (χ1) is 9.29. The molecule has 1 atom stereocenters. The van der Waals surface area contributed by atoms with Crippen LogP contribution in [0.2, 0.25) is 0 Å². The molecule has 0 aliphatic carbocycles. The molecule has 0 bridgehead atoms. The molecule has 7 heteroatoms. The van der Waals surface area contributed by atoms with Gasteiger partial charge in [0.05, 0.1) is 19.5 Å². The Bertz CT molecular complexity index is 386. The Morgan fingerprint density at radius 2 is 2.47 bits per heavy atom. The normalized spacial score (nSPS) is 19.6. The van der Waals surface area contributed by atoms with Crippen LogP contribution < -0.4 is 0 Å². The van der Waals surface area contributed by atoms with Gasteiger partial charge in [0, 0.05) is 37.7 Å². The van der Waals surface area contributed by atoms with E-state index >= 15 is 0 Å². The monoisotopic (exact) mass is 284 g/mol. The number of carbonyl (C=O) groups excluding carboxylic acids is 1. The number of hydrogen-bond donors (Lipinski definition) is 1. The van der Waals surface area contributed by atoms with Crippen LogP contribution in [0, 0.1) is 6.20 Å². The number of carbonyl (C=O) groups is 1. The summed E-state index contributed by atoms with van der Waals surface area (Å²) in [6.07, 6.45) is 8.61. The first kappa shape index (κ1) is 14.4. The van der Waals surface area contributed by atoms with Crippen molar-refractivity contribution in [1.82, 2.24) is 14.5 Å². The van der Waals surface area contributed by atoms with Crippen LogP contribution in [0.15, 0.2) is 12.5 Å². The molecule has 1 fully saturated rings. The summed E-state index contributed by atoms with van der Waals surface area (Å²) in [4.78, 5) is 17.6. The minimum Gasteiger partial charge on any atom is -0.362 e. The summed E-state index contributed by atoms with van der Waals surface area (Å²) in [7, 11) is 0. The second kappa shape index (κ2) is 7.52. The molecule has 1 saturated heterocycles. The molecular formula is C12H18N3O3S. The number of rotatable bonds is 6. The van der Waals surface area contributed by atoms with E-state index in [4.69, 9.17) is 9.29 Å². The van der Waals surface area contributed by atoms with Crippen LogP contribution in [-0.4, -0.2) is 50.0 Å². The molecule has 1 unspecified atom stereocenters. The first-order valence-corrected chi connectivity index (χ1v) is 7.20. The van der Waals surface area contributed by atoms with Crippen LogP contribution in [0.25, 0.3) is 0 Å². The third-order valence-corrected chi connectivity index (χ3v) is 3.59. The molecule has 1 radical (unpaired) electrons. The molecule has 6 nitrogen and oxygen atoms in total. The lowest BCUT2D eigenvalue weighted by Crippen LogP contribution is -2.44. The lowest BCUT2D eigenvalue weighted by Gasteiger charge is -2.31. The number of aryl methyl sites for hydroxylation is 1. The van der Waals surface area contributed by atoms with Gasteiger partial charge in [0.2, 0.25) is 5.91 Å². The van der Waals surface area contributed by atoms with Crippen molar-refractivity contribution in [2.24, 2.45) is 0 Å². The van der Waals surface area contributed by atoms with E-state index in [1.54, 1.807) is 17.4 Å². The van der Waals surface area contributed by atoms with Gasteiger partial charge in [-0.05, 0) is 12.8 Å². The zero-order valence-corrected chi connectivity index (χ0v) is 11.5. The van der Waals surface area contributed by atoms with E-state index < -0.39 is 0 Å². The van der Waals surface area contributed by atoms with Crippen LogP contribution >= 0.6 is 12.0 Å². The summed E-state index contributed by atoms with van der Waals surface area (Å²) in [5.41, 5.74) is -0.306. The number of ether oxygens (including phenoxy) is 1. The van der Waals surface area contributed by atoms with Crippen molar-refractivity contribution in [1.29, 1.82) is 0 Å². The van der Waals surface area contributed by atoms with E-state index in [0.29, 0.717) is 38.2 Å². The molecule has 1 aromatic rings. The first-order valence-electron chi connectivity index (χ1n) is 6.37. The molecular weight excluding hydrogens is 266 g/mol. The van der Waals surface area contributed by atoms with Crippen molar-refractivity contribution in [2.75, 3.05) is 19.7 Å². The van der Waals surface area contributed by atoms with Gasteiger partial charge in [-0.25, -0.2) is 4.98 Å². The van der Waals surface area contributed by atoms with E-state index in [1.165, 1.54) is 0 Å². The fourth-order valence-electron chi connectivity index (χ4n) is 2.01. The van der Waals surface area contributed by atoms with Gasteiger partial charge in [0.15, 0.2) is 0 Å². The fraction of sp³-hybridized carbons (Fsp3) is 0.667. The topological polar surface area (TPSA) is 67.6 Å². The summed E-state index contributed by atoms with van der Waals surface area (Å²) in [6, 6.07) is 0. The van der Waals surface area contributed by atoms with Gasteiger partial charge in [-0.15, -0.1) is 0 Å². The average Bonchev–Trinajstić information content (AvgIpc) is 2.96. The summed E-state index contributed by atoms with van der Waals surface area (Å²) in [6.45, 7) is 2.44. The van der Waals surface area contributed by atoms with Gasteiger partial charge < -0.3 is 18.8 Å². The highest BCUT2D eigenvalue weighted by molar-refractivity contribution is 7.94. The van der Waals surface area contributed by atoms with E-state index in [2.05, 4.69) is 11.2 Å². The molecule has 1 N–H and O–H groups in total. The van der Waals surface area contributed by atoms with Crippen molar-refractivity contribution in [3.8, 4) is 0 Å². The molecule has 2 rings (SSSR count). The predicted octanol–water partition coefficient (Wildman–Crippen LogP) is 1.24. The van der Waals surface area contributed by atoms with Crippen LogP contribution in [0.1, 0.15) is 19.3 Å². The Balaban J connectivity index is 1.63. The lowest BCUT2D eigenvalue weighted by molar-refractivity contribution is -0.136. The second-order valence-corrected chi connectivity index (χ2v) is 5.18.